The van der Waals surface area contributed by atoms with E-state index < -0.39 is 0 Å². The molecule has 0 radical (unpaired) electrons. The zero-order chi connectivity index (χ0) is 15.1. The highest BCUT2D eigenvalue weighted by molar-refractivity contribution is 5.88. The highest BCUT2D eigenvalue weighted by Crippen LogP contribution is 2.14. The van der Waals surface area contributed by atoms with Crippen molar-refractivity contribution >= 4 is 11.7 Å². The van der Waals surface area contributed by atoms with Crippen molar-refractivity contribution in [1.29, 1.82) is 0 Å². The van der Waals surface area contributed by atoms with Crippen LogP contribution in [-0.4, -0.2) is 49.2 Å². The summed E-state index contributed by atoms with van der Waals surface area (Å²) in [6.45, 7) is 6.10. The van der Waals surface area contributed by atoms with Crippen LogP contribution in [0.15, 0.2) is 18.3 Å². The summed E-state index contributed by atoms with van der Waals surface area (Å²) in [6.07, 6.45) is 4.14. The van der Waals surface area contributed by atoms with Crippen molar-refractivity contribution in [2.75, 3.05) is 38.6 Å². The molecule has 2 heterocycles. The van der Waals surface area contributed by atoms with Gasteiger partial charge in [0.15, 0.2) is 0 Å². The van der Waals surface area contributed by atoms with Gasteiger partial charge >= 0.3 is 6.03 Å². The van der Waals surface area contributed by atoms with Gasteiger partial charge in [-0.2, -0.15) is 0 Å². The van der Waals surface area contributed by atoms with Crippen LogP contribution < -0.4 is 15.4 Å². The number of carbonyl (C=O) groups excluding carboxylic acids is 1. The fourth-order valence-electron chi connectivity index (χ4n) is 2.57. The number of carbonyl (C=O) groups is 1. The minimum Gasteiger partial charge on any atom is -0.481 e. The van der Waals surface area contributed by atoms with Crippen LogP contribution in [0.3, 0.4) is 0 Å². The Kier molecular flexibility index (Phi) is 5.80. The van der Waals surface area contributed by atoms with Crippen LogP contribution in [0.1, 0.15) is 19.8 Å². The van der Waals surface area contributed by atoms with E-state index in [2.05, 4.69) is 27.4 Å². The minimum atomic E-state index is -0.202. The van der Waals surface area contributed by atoms with Crippen molar-refractivity contribution in [2.45, 2.75) is 19.8 Å². The average Bonchev–Trinajstić information content (AvgIpc) is 2.48. The Morgan fingerprint density at radius 2 is 2.38 bits per heavy atom. The van der Waals surface area contributed by atoms with Gasteiger partial charge in [-0.1, -0.05) is 6.92 Å². The molecule has 21 heavy (non-hydrogen) atoms. The molecule has 0 unspecified atom stereocenters. The quantitative estimate of drug-likeness (QED) is 0.870. The number of likely N-dealkylation sites (tertiary alicyclic amines) is 1. The number of methoxy groups -OCH3 is 1. The number of ether oxygens (including phenoxy) is 1. The topological polar surface area (TPSA) is 66.5 Å². The average molecular weight is 292 g/mol. The Morgan fingerprint density at radius 1 is 1.52 bits per heavy atom. The lowest BCUT2D eigenvalue weighted by Crippen LogP contribution is -2.41. The monoisotopic (exact) mass is 292 g/mol. The van der Waals surface area contributed by atoms with Crippen LogP contribution in [0.25, 0.3) is 0 Å². The molecule has 0 bridgehead atoms. The van der Waals surface area contributed by atoms with Crippen LogP contribution in [0.2, 0.25) is 0 Å². The van der Waals surface area contributed by atoms with E-state index in [-0.39, 0.29) is 6.03 Å². The second-order valence-electron chi connectivity index (χ2n) is 5.52. The first kappa shape index (κ1) is 15.6. The second-order valence-corrected chi connectivity index (χ2v) is 5.52. The number of amides is 2. The lowest BCUT2D eigenvalue weighted by Gasteiger charge is -2.30. The van der Waals surface area contributed by atoms with Gasteiger partial charge in [-0.25, -0.2) is 9.78 Å². The summed E-state index contributed by atoms with van der Waals surface area (Å²) in [5, 5.41) is 5.62. The third kappa shape index (κ3) is 5.23. The molecule has 1 fully saturated rings. The number of rotatable bonds is 5. The molecule has 1 atom stereocenters. The first-order chi connectivity index (χ1) is 10.2. The predicted molar refractivity (Wildman–Crippen MR) is 82.6 cm³/mol. The van der Waals surface area contributed by atoms with Crippen LogP contribution in [0, 0.1) is 5.92 Å². The molecule has 2 amide bonds. The molecule has 0 aromatic carbocycles. The SMILES string of the molecule is COc1ccc(NC(=O)NCCN2CCC[C@@H](C)C2)cn1. The predicted octanol–water partition coefficient (Wildman–Crippen LogP) is 1.94. The molecule has 6 nitrogen and oxygen atoms in total. The molecule has 1 saturated heterocycles. The molecule has 2 rings (SSSR count). The molecule has 1 aromatic heterocycles. The Balaban J connectivity index is 1.67. The van der Waals surface area contributed by atoms with E-state index in [0.29, 0.717) is 18.1 Å². The number of nitrogens with zero attached hydrogens (tertiary/aromatic N) is 2. The van der Waals surface area contributed by atoms with Crippen LogP contribution in [0.4, 0.5) is 10.5 Å². The molecule has 1 aliphatic heterocycles. The molecular weight excluding hydrogens is 268 g/mol. The van der Waals surface area contributed by atoms with Gasteiger partial charge in [-0.05, 0) is 31.4 Å². The van der Waals surface area contributed by atoms with E-state index in [1.54, 1.807) is 25.4 Å². The number of piperidine rings is 1. The maximum absolute atomic E-state index is 11.8. The summed E-state index contributed by atoms with van der Waals surface area (Å²) in [5.41, 5.74) is 0.653. The summed E-state index contributed by atoms with van der Waals surface area (Å²) in [7, 11) is 1.56. The van der Waals surface area contributed by atoms with Gasteiger partial charge in [0.25, 0.3) is 0 Å². The zero-order valence-electron chi connectivity index (χ0n) is 12.8. The Labute approximate surface area is 125 Å². The molecule has 0 saturated carbocycles. The Hall–Kier alpha value is -1.82. The molecule has 0 spiro atoms. The highest BCUT2D eigenvalue weighted by Gasteiger charge is 2.15. The van der Waals surface area contributed by atoms with E-state index in [1.807, 2.05) is 0 Å². The zero-order valence-corrected chi connectivity index (χ0v) is 12.8. The summed E-state index contributed by atoms with van der Waals surface area (Å²) in [5.74, 6) is 1.29. The molecule has 116 valence electrons. The van der Waals surface area contributed by atoms with Crippen molar-refractivity contribution in [3.8, 4) is 5.88 Å². The second kappa shape index (κ2) is 7.83. The van der Waals surface area contributed by atoms with E-state index in [9.17, 15) is 4.79 Å². The first-order valence-electron chi connectivity index (χ1n) is 7.44. The number of nitrogens with one attached hydrogen (secondary N) is 2. The normalized spacial score (nSPS) is 19.0. The largest absolute Gasteiger partial charge is 0.481 e. The van der Waals surface area contributed by atoms with Crippen molar-refractivity contribution in [1.82, 2.24) is 15.2 Å². The fourth-order valence-corrected chi connectivity index (χ4v) is 2.57. The summed E-state index contributed by atoms with van der Waals surface area (Å²) < 4.78 is 4.97. The standard InChI is InChI=1S/C15H24N4O2/c1-12-4-3-8-19(11-12)9-7-16-15(20)18-13-5-6-14(21-2)17-10-13/h5-6,10,12H,3-4,7-9,11H2,1-2H3,(H2,16,18,20)/t12-/m1/s1. The van der Waals surface area contributed by atoms with Gasteiger partial charge in [0, 0.05) is 25.7 Å². The number of urea groups is 1. The van der Waals surface area contributed by atoms with E-state index >= 15 is 0 Å². The van der Waals surface area contributed by atoms with Crippen molar-refractivity contribution in [3.05, 3.63) is 18.3 Å². The third-order valence-corrected chi connectivity index (χ3v) is 3.66. The summed E-state index contributed by atoms with van der Waals surface area (Å²) in [4.78, 5) is 18.2. The third-order valence-electron chi connectivity index (χ3n) is 3.66. The van der Waals surface area contributed by atoms with Gasteiger partial charge in [0.1, 0.15) is 0 Å². The van der Waals surface area contributed by atoms with Crippen LogP contribution in [0.5, 0.6) is 5.88 Å². The number of aromatic nitrogens is 1. The molecule has 6 heteroatoms. The summed E-state index contributed by atoms with van der Waals surface area (Å²) >= 11 is 0. The molecule has 2 N–H and O–H groups in total. The van der Waals surface area contributed by atoms with Gasteiger partial charge in [0.05, 0.1) is 19.0 Å². The molecule has 1 aliphatic rings. The maximum atomic E-state index is 11.8. The lowest BCUT2D eigenvalue weighted by molar-refractivity contribution is 0.184. The number of pyridine rings is 1. The Morgan fingerprint density at radius 3 is 3.05 bits per heavy atom. The van der Waals surface area contributed by atoms with Crippen molar-refractivity contribution in [3.63, 3.8) is 0 Å². The van der Waals surface area contributed by atoms with Gasteiger partial charge in [-0.15, -0.1) is 0 Å². The highest BCUT2D eigenvalue weighted by atomic mass is 16.5. The smallest absolute Gasteiger partial charge is 0.319 e. The number of hydrogen-bond acceptors (Lipinski definition) is 4. The van der Waals surface area contributed by atoms with Gasteiger partial charge in [-0.3, -0.25) is 0 Å². The van der Waals surface area contributed by atoms with E-state index in [4.69, 9.17) is 4.74 Å². The van der Waals surface area contributed by atoms with E-state index in [1.165, 1.54) is 12.8 Å². The fraction of sp³-hybridized carbons (Fsp3) is 0.600. The molecular formula is C15H24N4O2. The van der Waals surface area contributed by atoms with Gasteiger partial charge < -0.3 is 20.3 Å². The summed E-state index contributed by atoms with van der Waals surface area (Å²) in [6, 6.07) is 3.27. The molecule has 0 aliphatic carbocycles. The lowest BCUT2D eigenvalue weighted by atomic mass is 10.0. The van der Waals surface area contributed by atoms with E-state index in [0.717, 1.165) is 25.6 Å². The Bertz CT molecular complexity index is 449. The van der Waals surface area contributed by atoms with Crippen molar-refractivity contribution in [2.24, 2.45) is 5.92 Å². The van der Waals surface area contributed by atoms with Gasteiger partial charge in [0.2, 0.25) is 5.88 Å². The minimum absolute atomic E-state index is 0.202. The number of anilines is 1. The molecule has 1 aromatic rings. The van der Waals surface area contributed by atoms with Crippen molar-refractivity contribution < 1.29 is 9.53 Å². The first-order valence-corrected chi connectivity index (χ1v) is 7.44. The number of hydrogen-bond donors (Lipinski definition) is 2. The van der Waals surface area contributed by atoms with Crippen LogP contribution in [-0.2, 0) is 0 Å². The van der Waals surface area contributed by atoms with Crippen LogP contribution >= 0.6 is 0 Å². The maximum Gasteiger partial charge on any atom is 0.319 e.